The minimum Gasteiger partial charge on any atom is -0.379 e. The van der Waals surface area contributed by atoms with Crippen molar-refractivity contribution < 1.29 is 23.1 Å². The van der Waals surface area contributed by atoms with Gasteiger partial charge in [-0.1, -0.05) is 18.2 Å². The molecule has 0 saturated carbocycles. The number of aliphatic hydroxyl groups is 1. The molecule has 1 atom stereocenters. The highest BCUT2D eigenvalue weighted by Crippen LogP contribution is 2.31. The van der Waals surface area contributed by atoms with Crippen molar-refractivity contribution in [1.29, 1.82) is 0 Å². The number of nitrogens with zero attached hydrogens (tertiary/aromatic N) is 2. The summed E-state index contributed by atoms with van der Waals surface area (Å²) in [6.45, 7) is -0.583. The van der Waals surface area contributed by atoms with Crippen molar-refractivity contribution in [3.63, 3.8) is 0 Å². The van der Waals surface area contributed by atoms with Gasteiger partial charge in [0.1, 0.15) is 0 Å². The predicted octanol–water partition coefficient (Wildman–Crippen LogP) is 1.07. The molecule has 0 aliphatic rings. The molecule has 2 N–H and O–H groups in total. The van der Waals surface area contributed by atoms with Gasteiger partial charge in [0.25, 0.3) is 11.5 Å². The first-order valence-electron chi connectivity index (χ1n) is 6.59. The van der Waals surface area contributed by atoms with Crippen LogP contribution in [0.2, 0.25) is 0 Å². The Morgan fingerprint density at radius 3 is 2.39 bits per heavy atom. The smallest absolute Gasteiger partial charge is 0.379 e. The first kappa shape index (κ1) is 16.9. The molecule has 2 rings (SSSR count). The zero-order chi connectivity index (χ0) is 17.4. The minimum absolute atomic E-state index is 0.0408. The summed E-state index contributed by atoms with van der Waals surface area (Å²) in [5.41, 5.74) is -4.18. The van der Waals surface area contributed by atoms with Crippen LogP contribution in [-0.2, 0) is 6.54 Å². The van der Waals surface area contributed by atoms with E-state index in [1.807, 2.05) is 0 Å². The zero-order valence-electron chi connectivity index (χ0n) is 12.3. The van der Waals surface area contributed by atoms with Crippen LogP contribution in [-0.4, -0.2) is 39.6 Å². The standard InChI is InChI=1S/C14H14F3N3O3/c1-13(23,14(15,16)17)7-20-12(22)9-6-4-3-5-8(9)10(19-20)11(21)18-2/h3-6,23H,7H2,1-2H3,(H,18,21)/t13-/m1/s1. The lowest BCUT2D eigenvalue weighted by Crippen LogP contribution is -2.48. The number of rotatable bonds is 3. The molecule has 0 saturated heterocycles. The summed E-state index contributed by atoms with van der Waals surface area (Å²) in [7, 11) is 1.33. The number of hydrogen-bond acceptors (Lipinski definition) is 4. The van der Waals surface area contributed by atoms with Gasteiger partial charge in [0.15, 0.2) is 11.3 Å². The van der Waals surface area contributed by atoms with Crippen LogP contribution in [0.5, 0.6) is 0 Å². The van der Waals surface area contributed by atoms with E-state index < -0.39 is 29.8 Å². The zero-order valence-corrected chi connectivity index (χ0v) is 12.3. The molecule has 0 bridgehead atoms. The van der Waals surface area contributed by atoms with Crippen LogP contribution in [0.15, 0.2) is 29.1 Å². The normalized spacial score (nSPS) is 14.5. The predicted molar refractivity (Wildman–Crippen MR) is 76.1 cm³/mol. The Morgan fingerprint density at radius 1 is 1.30 bits per heavy atom. The molecule has 0 spiro atoms. The summed E-state index contributed by atoms with van der Waals surface area (Å²) in [6, 6.07) is 5.95. The first-order valence-corrected chi connectivity index (χ1v) is 6.59. The second kappa shape index (κ2) is 5.65. The molecule has 0 unspecified atom stereocenters. The summed E-state index contributed by atoms with van der Waals surface area (Å²) in [4.78, 5) is 24.2. The molecule has 0 fully saturated rings. The van der Waals surface area contributed by atoms with Gasteiger partial charge < -0.3 is 10.4 Å². The van der Waals surface area contributed by atoms with Crippen molar-refractivity contribution in [3.8, 4) is 0 Å². The molecule has 1 heterocycles. The van der Waals surface area contributed by atoms with Gasteiger partial charge in [-0.05, 0) is 13.0 Å². The Bertz CT molecular complexity index is 812. The van der Waals surface area contributed by atoms with E-state index in [0.29, 0.717) is 11.6 Å². The fourth-order valence-electron chi connectivity index (χ4n) is 2.01. The van der Waals surface area contributed by atoms with Gasteiger partial charge >= 0.3 is 6.18 Å². The van der Waals surface area contributed by atoms with E-state index in [0.717, 1.165) is 0 Å². The van der Waals surface area contributed by atoms with Gasteiger partial charge in [-0.15, -0.1) is 0 Å². The van der Waals surface area contributed by atoms with Gasteiger partial charge in [-0.25, -0.2) is 4.68 Å². The Hall–Kier alpha value is -2.42. The largest absolute Gasteiger partial charge is 0.418 e. The minimum atomic E-state index is -4.95. The van der Waals surface area contributed by atoms with Crippen molar-refractivity contribution >= 4 is 16.7 Å². The van der Waals surface area contributed by atoms with Crippen molar-refractivity contribution in [1.82, 2.24) is 15.1 Å². The lowest BCUT2D eigenvalue weighted by Gasteiger charge is -2.26. The second-order valence-electron chi connectivity index (χ2n) is 5.21. The van der Waals surface area contributed by atoms with Crippen LogP contribution in [0.4, 0.5) is 13.2 Å². The average Bonchev–Trinajstić information content (AvgIpc) is 2.48. The monoisotopic (exact) mass is 329 g/mol. The van der Waals surface area contributed by atoms with E-state index in [-0.39, 0.29) is 16.5 Å². The van der Waals surface area contributed by atoms with Gasteiger partial charge in [-0.3, -0.25) is 9.59 Å². The summed E-state index contributed by atoms with van der Waals surface area (Å²) in [6.07, 6.45) is -4.95. The Morgan fingerprint density at radius 2 is 1.87 bits per heavy atom. The summed E-state index contributed by atoms with van der Waals surface area (Å²) >= 11 is 0. The number of hydrogen-bond donors (Lipinski definition) is 2. The van der Waals surface area contributed by atoms with Crippen molar-refractivity contribution in [2.45, 2.75) is 25.2 Å². The Kier molecular flexibility index (Phi) is 4.16. The number of fused-ring (bicyclic) bond motifs is 1. The quantitative estimate of drug-likeness (QED) is 0.882. The highest BCUT2D eigenvalue weighted by molar-refractivity contribution is 6.04. The van der Waals surface area contributed by atoms with E-state index in [1.54, 1.807) is 6.07 Å². The summed E-state index contributed by atoms with van der Waals surface area (Å²) in [5.74, 6) is -0.651. The van der Waals surface area contributed by atoms with Crippen LogP contribution in [0.25, 0.3) is 10.8 Å². The summed E-state index contributed by atoms with van der Waals surface area (Å²) in [5, 5.41) is 15.8. The number of amides is 1. The van der Waals surface area contributed by atoms with Crippen LogP contribution >= 0.6 is 0 Å². The molecule has 124 valence electrons. The average molecular weight is 329 g/mol. The third-order valence-corrected chi connectivity index (χ3v) is 3.38. The first-order chi connectivity index (χ1) is 10.6. The van der Waals surface area contributed by atoms with E-state index in [2.05, 4.69) is 10.4 Å². The Balaban J connectivity index is 2.69. The van der Waals surface area contributed by atoms with E-state index in [9.17, 15) is 27.9 Å². The molecule has 9 heteroatoms. The van der Waals surface area contributed by atoms with Crippen molar-refractivity contribution in [2.24, 2.45) is 0 Å². The van der Waals surface area contributed by atoms with Crippen LogP contribution < -0.4 is 10.9 Å². The SMILES string of the molecule is CNC(=O)c1nn(C[C@@](C)(O)C(F)(F)F)c(=O)c2ccccc12. The van der Waals surface area contributed by atoms with E-state index in [4.69, 9.17) is 0 Å². The molecule has 1 aromatic heterocycles. The molecule has 23 heavy (non-hydrogen) atoms. The van der Waals surface area contributed by atoms with Gasteiger partial charge in [0, 0.05) is 12.4 Å². The molecular weight excluding hydrogens is 315 g/mol. The third-order valence-electron chi connectivity index (χ3n) is 3.38. The molecule has 0 aliphatic carbocycles. The topological polar surface area (TPSA) is 84.2 Å². The van der Waals surface area contributed by atoms with Gasteiger partial charge in [0.2, 0.25) is 0 Å². The number of nitrogens with one attached hydrogen (secondary N) is 1. The maximum Gasteiger partial charge on any atom is 0.418 e. The molecule has 0 aliphatic heterocycles. The van der Waals surface area contributed by atoms with Crippen molar-refractivity contribution in [2.75, 3.05) is 7.05 Å². The molecule has 2 aromatic rings. The fraction of sp³-hybridized carbons (Fsp3) is 0.357. The number of halogens is 3. The molecule has 1 aromatic carbocycles. The maximum absolute atomic E-state index is 12.8. The summed E-state index contributed by atoms with van der Waals surface area (Å²) < 4.78 is 38.9. The highest BCUT2D eigenvalue weighted by atomic mass is 19.4. The second-order valence-corrected chi connectivity index (χ2v) is 5.21. The van der Waals surface area contributed by atoms with Gasteiger partial charge in [0.05, 0.1) is 11.9 Å². The Labute approximate surface area is 128 Å². The molecule has 6 nitrogen and oxygen atoms in total. The maximum atomic E-state index is 12.8. The van der Waals surface area contributed by atoms with E-state index in [1.165, 1.54) is 25.2 Å². The number of benzene rings is 1. The van der Waals surface area contributed by atoms with E-state index >= 15 is 0 Å². The number of alkyl halides is 3. The lowest BCUT2D eigenvalue weighted by molar-refractivity contribution is -0.258. The number of carbonyl (C=O) groups is 1. The van der Waals surface area contributed by atoms with Crippen LogP contribution in [0.3, 0.4) is 0 Å². The number of aromatic nitrogens is 2. The fourth-order valence-corrected chi connectivity index (χ4v) is 2.01. The van der Waals surface area contributed by atoms with Crippen LogP contribution in [0.1, 0.15) is 17.4 Å². The molecule has 1 amide bonds. The number of carbonyl (C=O) groups excluding carboxylic acids is 1. The van der Waals surface area contributed by atoms with Crippen LogP contribution in [0, 0.1) is 0 Å². The van der Waals surface area contributed by atoms with Crippen molar-refractivity contribution in [3.05, 3.63) is 40.3 Å². The van der Waals surface area contributed by atoms with Gasteiger partial charge in [-0.2, -0.15) is 18.3 Å². The molecular formula is C14H14F3N3O3. The third kappa shape index (κ3) is 3.04. The highest BCUT2D eigenvalue weighted by Gasteiger charge is 2.50. The lowest BCUT2D eigenvalue weighted by atomic mass is 10.1. The molecule has 0 radical (unpaired) electrons.